The molecule has 0 aliphatic heterocycles. The molecule has 0 saturated carbocycles. The Morgan fingerprint density at radius 3 is 2.04 bits per heavy atom. The minimum Gasteiger partial charge on any atom is -0.507 e. The van der Waals surface area contributed by atoms with Crippen molar-refractivity contribution in [2.75, 3.05) is 33.4 Å². The van der Waals surface area contributed by atoms with Gasteiger partial charge in [-0.25, -0.2) is 0 Å². The van der Waals surface area contributed by atoms with E-state index in [9.17, 15) is 9.90 Å². The van der Waals surface area contributed by atoms with E-state index >= 15 is 0 Å². The highest BCUT2D eigenvalue weighted by Gasteiger charge is 2.24. The van der Waals surface area contributed by atoms with Crippen molar-refractivity contribution in [3.63, 3.8) is 0 Å². The molecule has 0 fully saturated rings. The number of guanidine groups is 1. The van der Waals surface area contributed by atoms with Crippen LogP contribution >= 0.6 is 0 Å². The first kappa shape index (κ1) is 34.8. The van der Waals surface area contributed by atoms with Crippen molar-refractivity contribution < 1.29 is 23.7 Å². The van der Waals surface area contributed by atoms with Crippen molar-refractivity contribution in [2.24, 2.45) is 27.2 Å². The maximum absolute atomic E-state index is 14.3. The van der Waals surface area contributed by atoms with Gasteiger partial charge in [0.15, 0.2) is 17.5 Å². The number of phenols is 1. The molecule has 0 atom stereocenters. The lowest BCUT2D eigenvalue weighted by Crippen LogP contribution is -2.23. The highest BCUT2D eigenvalue weighted by atomic mass is 16.5. The number of allylic oxidation sites excluding steroid dienone is 4. The van der Waals surface area contributed by atoms with Crippen LogP contribution in [0.15, 0.2) is 54.6 Å². The minimum atomic E-state index is -0.354. The molecule has 11 heteroatoms. The van der Waals surface area contributed by atoms with E-state index in [1.54, 1.807) is 19.2 Å². The zero-order chi connectivity index (χ0) is 32.9. The number of rotatable bonds is 17. The highest BCUT2D eigenvalue weighted by molar-refractivity contribution is 5.98. The Bertz CT molecular complexity index is 1640. The van der Waals surface area contributed by atoms with E-state index in [0.29, 0.717) is 84.9 Å². The van der Waals surface area contributed by atoms with Gasteiger partial charge < -0.3 is 40.9 Å². The number of nitrogens with two attached hydrogens (primary N) is 3. The number of fused-ring (bicyclic) bond motifs is 2. The van der Waals surface area contributed by atoms with Crippen LogP contribution in [0.3, 0.4) is 0 Å². The molecule has 3 aromatic rings. The summed E-state index contributed by atoms with van der Waals surface area (Å²) < 4.78 is 24.4. The summed E-state index contributed by atoms with van der Waals surface area (Å²) in [5.74, 6) is 1.25. The first-order chi connectivity index (χ1) is 21.6. The zero-order valence-electron chi connectivity index (χ0n) is 27.1. The molecule has 3 rings (SSSR count). The molecule has 0 unspecified atom stereocenters. The first-order valence-corrected chi connectivity index (χ1v) is 15.2. The monoisotopic (exact) mass is 621 g/mol. The Hall–Kier alpha value is -4.67. The maximum atomic E-state index is 14.3. The predicted octanol–water partition coefficient (Wildman–Crippen LogP) is 5.26. The fourth-order valence-electron chi connectivity index (χ4n) is 4.83. The van der Waals surface area contributed by atoms with Crippen LogP contribution in [0.2, 0.25) is 0 Å². The fourth-order valence-corrected chi connectivity index (χ4v) is 4.83. The van der Waals surface area contributed by atoms with Gasteiger partial charge in [0.05, 0.1) is 32.0 Å². The van der Waals surface area contributed by atoms with Crippen LogP contribution in [0.1, 0.15) is 64.5 Å². The van der Waals surface area contributed by atoms with E-state index in [2.05, 4.69) is 9.98 Å². The molecular weight excluding hydrogens is 574 g/mol. The molecule has 7 N–H and O–H groups in total. The number of aromatic hydroxyl groups is 1. The maximum Gasteiger partial charge on any atom is 0.204 e. The third kappa shape index (κ3) is 9.41. The summed E-state index contributed by atoms with van der Waals surface area (Å²) in [6.07, 6.45) is 9.04. The van der Waals surface area contributed by atoms with Crippen LogP contribution in [-0.4, -0.2) is 50.8 Å². The average molecular weight is 622 g/mol. The summed E-state index contributed by atoms with van der Waals surface area (Å²) in [7, 11) is 1.54. The van der Waals surface area contributed by atoms with Crippen molar-refractivity contribution in [3.8, 4) is 23.0 Å². The lowest BCUT2D eigenvalue weighted by atomic mass is 9.98. The molecule has 0 aliphatic rings. The van der Waals surface area contributed by atoms with Gasteiger partial charge in [0.1, 0.15) is 28.1 Å². The zero-order valence-corrected chi connectivity index (χ0v) is 27.1. The topological polar surface area (TPSA) is 181 Å². The lowest BCUT2D eigenvalue weighted by Gasteiger charge is -2.18. The molecule has 0 radical (unpaired) electrons. The second-order valence-electron chi connectivity index (χ2n) is 11.2. The third-order valence-corrected chi connectivity index (χ3v) is 7.09. The summed E-state index contributed by atoms with van der Waals surface area (Å²) in [5.41, 5.74) is 19.6. The van der Waals surface area contributed by atoms with Gasteiger partial charge in [0.25, 0.3) is 0 Å². The van der Waals surface area contributed by atoms with Crippen LogP contribution in [0.4, 0.5) is 0 Å². The summed E-state index contributed by atoms with van der Waals surface area (Å²) in [6.45, 7) is 9.80. The van der Waals surface area contributed by atoms with E-state index < -0.39 is 0 Å². The number of aliphatic imine (C=N–C) groups is 2. The number of unbranched alkanes of at least 4 members (excludes halogenated alkanes) is 2. The van der Waals surface area contributed by atoms with Crippen LogP contribution in [-0.2, 0) is 12.8 Å². The second kappa shape index (κ2) is 17.0. The molecule has 1 heterocycles. The van der Waals surface area contributed by atoms with E-state index in [4.69, 9.17) is 35.8 Å². The molecule has 0 spiro atoms. The van der Waals surface area contributed by atoms with Gasteiger partial charge in [-0.05, 0) is 66.2 Å². The number of hydrogen-bond acceptors (Lipinski definition) is 8. The van der Waals surface area contributed by atoms with Crippen LogP contribution in [0.25, 0.3) is 21.9 Å². The molecule has 0 saturated heterocycles. The van der Waals surface area contributed by atoms with Crippen LogP contribution in [0.5, 0.6) is 23.0 Å². The van der Waals surface area contributed by atoms with E-state index in [0.717, 1.165) is 30.4 Å². The van der Waals surface area contributed by atoms with Gasteiger partial charge in [-0.3, -0.25) is 14.8 Å². The van der Waals surface area contributed by atoms with Crippen molar-refractivity contribution in [2.45, 2.75) is 66.2 Å². The molecule has 1 aromatic heterocycles. The Morgan fingerprint density at radius 1 is 0.867 bits per heavy atom. The Labute approximate surface area is 264 Å². The predicted molar refractivity (Wildman–Crippen MR) is 182 cm³/mol. The lowest BCUT2D eigenvalue weighted by molar-refractivity contribution is 0.286. The summed E-state index contributed by atoms with van der Waals surface area (Å²) in [6, 6.07) is 3.36. The number of ether oxygens (including phenoxy) is 3. The Balaban J connectivity index is 2.17. The molecule has 0 bridgehead atoms. The number of hydrogen-bond donors (Lipinski definition) is 4. The van der Waals surface area contributed by atoms with Crippen LogP contribution in [0, 0.1) is 0 Å². The van der Waals surface area contributed by atoms with Crippen molar-refractivity contribution >= 4 is 34.2 Å². The van der Waals surface area contributed by atoms with Crippen LogP contribution < -0.4 is 36.8 Å². The summed E-state index contributed by atoms with van der Waals surface area (Å²) in [4.78, 5) is 22.3. The van der Waals surface area contributed by atoms with Gasteiger partial charge >= 0.3 is 0 Å². The van der Waals surface area contributed by atoms with Gasteiger partial charge in [0, 0.05) is 36.3 Å². The van der Waals surface area contributed by atoms with E-state index in [1.807, 2.05) is 39.8 Å². The van der Waals surface area contributed by atoms with Crippen molar-refractivity contribution in [1.29, 1.82) is 0 Å². The molecule has 244 valence electrons. The minimum absolute atomic E-state index is 0.0548. The average Bonchev–Trinajstić information content (AvgIpc) is 2.98. The fraction of sp³-hybridized carbons (Fsp3) is 0.441. The molecular formula is C34H47N5O6. The van der Waals surface area contributed by atoms with Gasteiger partial charge in [-0.2, -0.15) is 0 Å². The summed E-state index contributed by atoms with van der Waals surface area (Å²) in [5, 5.41) is 12.0. The molecule has 2 aromatic carbocycles. The molecule has 0 amide bonds. The molecule has 45 heavy (non-hydrogen) atoms. The SMILES string of the molecule is COc1c(OCCCCN=C(N)N)cc2oc3cc(OCCCCN=CN)c(CC=C(C)C)c(O)c3c(=O)c2c1CC=C(C)C. The largest absolute Gasteiger partial charge is 0.507 e. The number of phenolic OH excluding ortho intramolecular Hbond substituents is 1. The number of methoxy groups -OCH3 is 1. The van der Waals surface area contributed by atoms with Crippen molar-refractivity contribution in [3.05, 3.63) is 56.8 Å². The summed E-state index contributed by atoms with van der Waals surface area (Å²) >= 11 is 0. The Morgan fingerprint density at radius 2 is 1.44 bits per heavy atom. The van der Waals surface area contributed by atoms with E-state index in [1.165, 1.54) is 6.34 Å². The Kier molecular flexibility index (Phi) is 13.1. The smallest absolute Gasteiger partial charge is 0.204 e. The van der Waals surface area contributed by atoms with Gasteiger partial charge in [-0.1, -0.05) is 23.3 Å². The van der Waals surface area contributed by atoms with E-state index in [-0.39, 0.29) is 28.1 Å². The normalized spacial score (nSPS) is 11.1. The van der Waals surface area contributed by atoms with Crippen molar-refractivity contribution in [1.82, 2.24) is 0 Å². The number of nitrogens with zero attached hydrogens (tertiary/aromatic N) is 2. The van der Waals surface area contributed by atoms with Gasteiger partial charge in [0.2, 0.25) is 5.43 Å². The molecule has 0 aliphatic carbocycles. The standard InChI is InChI=1S/C34H47N5O6/c1-21(2)10-12-23-25(43-16-8-6-14-38-20-35)18-27-30(31(23)40)32(41)29-24(13-11-22(3)4)33(42-5)28(19-26(29)45-27)44-17-9-7-15-39-34(36)37/h10-11,18-20,40H,6-9,12-17H2,1-5H3,(H2,35,38)(H4,36,37,39). The highest BCUT2D eigenvalue weighted by Crippen LogP contribution is 2.41. The quantitative estimate of drug-likeness (QED) is 0.0514. The number of benzene rings is 2. The molecule has 11 nitrogen and oxygen atoms in total. The first-order valence-electron chi connectivity index (χ1n) is 15.2. The third-order valence-electron chi connectivity index (χ3n) is 7.09. The van der Waals surface area contributed by atoms with Gasteiger partial charge in [-0.15, -0.1) is 0 Å². The second-order valence-corrected chi connectivity index (χ2v) is 11.2.